The summed E-state index contributed by atoms with van der Waals surface area (Å²) in [7, 11) is 0. The Morgan fingerprint density at radius 3 is 2.56 bits per heavy atom. The minimum absolute atomic E-state index is 0.164. The molecule has 0 spiro atoms. The predicted molar refractivity (Wildman–Crippen MR) is 149 cm³/mol. The lowest BCUT2D eigenvalue weighted by molar-refractivity contribution is -0.137. The van der Waals surface area contributed by atoms with Gasteiger partial charge in [-0.3, -0.25) is 10.2 Å². The summed E-state index contributed by atoms with van der Waals surface area (Å²) in [5.41, 5.74) is 3.41. The van der Waals surface area contributed by atoms with Gasteiger partial charge in [0.15, 0.2) is 0 Å². The second-order valence-corrected chi connectivity index (χ2v) is 10.4. The fourth-order valence-electron chi connectivity index (χ4n) is 5.89. The molecule has 1 saturated heterocycles. The molecule has 1 aliphatic rings. The molecule has 11 heteroatoms. The van der Waals surface area contributed by atoms with Crippen LogP contribution in [0.2, 0.25) is 0 Å². The van der Waals surface area contributed by atoms with E-state index in [9.17, 15) is 22.4 Å². The second kappa shape index (κ2) is 10.1. The van der Waals surface area contributed by atoms with Gasteiger partial charge in [-0.25, -0.2) is 4.39 Å². The van der Waals surface area contributed by atoms with Crippen LogP contribution in [0.3, 0.4) is 0 Å². The van der Waals surface area contributed by atoms with Gasteiger partial charge in [0, 0.05) is 43.2 Å². The summed E-state index contributed by atoms with van der Waals surface area (Å²) < 4.78 is 58.7. The highest BCUT2D eigenvalue weighted by Gasteiger charge is 2.33. The van der Waals surface area contributed by atoms with Crippen LogP contribution in [0.25, 0.3) is 21.9 Å². The molecule has 1 fully saturated rings. The molecule has 3 aromatic carbocycles. The molecular weight excluding hydrogens is 536 g/mol. The Labute approximate surface area is 232 Å². The zero-order valence-corrected chi connectivity index (χ0v) is 22.2. The van der Waals surface area contributed by atoms with Crippen LogP contribution in [0.4, 0.5) is 28.9 Å². The van der Waals surface area contributed by atoms with Crippen LogP contribution in [-0.2, 0) is 17.5 Å². The first-order valence-electron chi connectivity index (χ1n) is 13.3. The number of H-pyrrole nitrogens is 1. The summed E-state index contributed by atoms with van der Waals surface area (Å²) in [4.78, 5) is 16.8. The normalized spacial score (nSPS) is 14.7. The average molecular weight is 565 g/mol. The first kappa shape index (κ1) is 26.7. The number of anilines is 2. The van der Waals surface area contributed by atoms with Gasteiger partial charge in [0.1, 0.15) is 5.82 Å². The number of carbonyl (C=O) groups excluding carboxylic acids is 1. The standard InChI is InChI=1S/C30H28F4N6O/c1-18(41)37-25-7-5-20(30(32,33)34)15-27(25)38-13-10-22(11-14-38)40-28-16-21(31)6-8-26(28)39(29(40)35)17-19-3-2-4-24-23(19)9-12-36-24/h2-9,12,15-16,22,35-36H,10-11,13-14,17H2,1H3,(H,37,41). The number of amides is 1. The number of imidazole rings is 1. The van der Waals surface area contributed by atoms with E-state index in [1.807, 2.05) is 44.5 Å². The van der Waals surface area contributed by atoms with Crippen LogP contribution in [0, 0.1) is 11.2 Å². The molecule has 0 atom stereocenters. The molecule has 0 unspecified atom stereocenters. The van der Waals surface area contributed by atoms with E-state index in [4.69, 9.17) is 5.41 Å². The SMILES string of the molecule is CC(=O)Nc1ccc(C(F)(F)F)cc1N1CCC(n2c(=N)n(Cc3cccc4[nH]ccc34)c3ccc(F)cc32)CC1. The van der Waals surface area contributed by atoms with Crippen molar-refractivity contribution in [3.05, 3.63) is 89.4 Å². The number of hydrogen-bond acceptors (Lipinski definition) is 3. The molecule has 1 amide bonds. The smallest absolute Gasteiger partial charge is 0.370 e. The zero-order chi connectivity index (χ0) is 28.9. The lowest BCUT2D eigenvalue weighted by Gasteiger charge is -2.35. The highest BCUT2D eigenvalue weighted by molar-refractivity contribution is 5.93. The first-order chi connectivity index (χ1) is 19.6. The van der Waals surface area contributed by atoms with Gasteiger partial charge in [-0.1, -0.05) is 12.1 Å². The molecule has 2 aromatic heterocycles. The minimum Gasteiger partial charge on any atom is -0.370 e. The van der Waals surface area contributed by atoms with Crippen LogP contribution in [0.1, 0.15) is 36.9 Å². The molecule has 0 saturated carbocycles. The van der Waals surface area contributed by atoms with Gasteiger partial charge in [-0.05, 0) is 66.9 Å². The number of aromatic amines is 1. The Hall–Kier alpha value is -4.54. The van der Waals surface area contributed by atoms with E-state index in [1.165, 1.54) is 25.1 Å². The molecule has 212 valence electrons. The highest BCUT2D eigenvalue weighted by Crippen LogP contribution is 2.38. The Morgan fingerprint density at radius 1 is 1.05 bits per heavy atom. The number of aromatic nitrogens is 3. The largest absolute Gasteiger partial charge is 0.416 e. The Bertz CT molecular complexity index is 1820. The maximum Gasteiger partial charge on any atom is 0.416 e. The Morgan fingerprint density at radius 2 is 1.83 bits per heavy atom. The van der Waals surface area contributed by atoms with Crippen LogP contribution in [0.15, 0.2) is 66.9 Å². The van der Waals surface area contributed by atoms with E-state index in [1.54, 1.807) is 6.07 Å². The van der Waals surface area contributed by atoms with Crippen molar-refractivity contribution in [1.29, 1.82) is 5.41 Å². The van der Waals surface area contributed by atoms with E-state index in [0.29, 0.717) is 49.4 Å². The van der Waals surface area contributed by atoms with Gasteiger partial charge in [0.05, 0.1) is 34.5 Å². The predicted octanol–water partition coefficient (Wildman–Crippen LogP) is 6.41. The van der Waals surface area contributed by atoms with Crippen molar-refractivity contribution in [2.24, 2.45) is 0 Å². The lowest BCUT2D eigenvalue weighted by atomic mass is 10.0. The zero-order valence-electron chi connectivity index (χ0n) is 22.2. The number of benzene rings is 3. The molecule has 3 heterocycles. The lowest BCUT2D eigenvalue weighted by Crippen LogP contribution is -2.38. The molecule has 41 heavy (non-hydrogen) atoms. The number of nitrogens with zero attached hydrogens (tertiary/aromatic N) is 3. The minimum atomic E-state index is -4.52. The topological polar surface area (TPSA) is 81.8 Å². The maximum absolute atomic E-state index is 14.5. The van der Waals surface area contributed by atoms with Crippen molar-refractivity contribution in [3.8, 4) is 0 Å². The molecule has 5 aromatic rings. The summed E-state index contributed by atoms with van der Waals surface area (Å²) in [6, 6.07) is 15.6. The van der Waals surface area contributed by atoms with Gasteiger partial charge in [-0.15, -0.1) is 0 Å². The summed E-state index contributed by atoms with van der Waals surface area (Å²) in [6.45, 7) is 2.53. The van der Waals surface area contributed by atoms with E-state index in [0.717, 1.165) is 34.1 Å². The summed E-state index contributed by atoms with van der Waals surface area (Å²) in [5, 5.41) is 12.8. The van der Waals surface area contributed by atoms with Crippen molar-refractivity contribution in [2.75, 3.05) is 23.3 Å². The van der Waals surface area contributed by atoms with Gasteiger partial charge >= 0.3 is 6.18 Å². The fraction of sp³-hybridized carbons (Fsp3) is 0.267. The monoisotopic (exact) mass is 564 g/mol. The van der Waals surface area contributed by atoms with Crippen molar-refractivity contribution < 1.29 is 22.4 Å². The number of hydrogen-bond donors (Lipinski definition) is 3. The quantitative estimate of drug-likeness (QED) is 0.216. The summed E-state index contributed by atoms with van der Waals surface area (Å²) in [5.74, 6) is -0.780. The fourth-order valence-corrected chi connectivity index (χ4v) is 5.89. The van der Waals surface area contributed by atoms with Crippen molar-refractivity contribution in [3.63, 3.8) is 0 Å². The third-order valence-electron chi connectivity index (χ3n) is 7.79. The number of nitrogens with one attached hydrogen (secondary N) is 3. The third kappa shape index (κ3) is 4.96. The van der Waals surface area contributed by atoms with Gasteiger partial charge < -0.3 is 24.3 Å². The van der Waals surface area contributed by atoms with Crippen LogP contribution < -0.4 is 15.8 Å². The van der Waals surface area contributed by atoms with E-state index >= 15 is 0 Å². The van der Waals surface area contributed by atoms with Gasteiger partial charge in [-0.2, -0.15) is 13.2 Å². The molecule has 0 aliphatic carbocycles. The summed E-state index contributed by atoms with van der Waals surface area (Å²) in [6.07, 6.45) is -1.60. The van der Waals surface area contributed by atoms with Crippen LogP contribution >= 0.6 is 0 Å². The molecule has 0 bridgehead atoms. The Balaban J connectivity index is 1.33. The maximum atomic E-state index is 14.5. The van der Waals surface area contributed by atoms with Crippen molar-refractivity contribution in [2.45, 2.75) is 38.5 Å². The summed E-state index contributed by atoms with van der Waals surface area (Å²) >= 11 is 0. The number of carbonyl (C=O) groups is 1. The van der Waals surface area contributed by atoms with E-state index < -0.39 is 17.6 Å². The first-order valence-corrected chi connectivity index (χ1v) is 13.3. The van der Waals surface area contributed by atoms with E-state index in [-0.39, 0.29) is 17.6 Å². The highest BCUT2D eigenvalue weighted by atomic mass is 19.4. The van der Waals surface area contributed by atoms with E-state index in [2.05, 4.69) is 10.3 Å². The molecular formula is C30H28F4N6O. The van der Waals surface area contributed by atoms with Crippen molar-refractivity contribution in [1.82, 2.24) is 14.1 Å². The van der Waals surface area contributed by atoms with Crippen LogP contribution in [0.5, 0.6) is 0 Å². The number of rotatable bonds is 5. The van der Waals surface area contributed by atoms with Crippen LogP contribution in [-0.4, -0.2) is 33.1 Å². The van der Waals surface area contributed by atoms with Gasteiger partial charge in [0.25, 0.3) is 0 Å². The number of fused-ring (bicyclic) bond motifs is 2. The van der Waals surface area contributed by atoms with Gasteiger partial charge in [0.2, 0.25) is 11.5 Å². The average Bonchev–Trinajstić information content (AvgIpc) is 3.51. The molecule has 0 radical (unpaired) electrons. The Kier molecular flexibility index (Phi) is 6.59. The molecule has 3 N–H and O–H groups in total. The molecule has 7 nitrogen and oxygen atoms in total. The molecule has 1 aliphatic heterocycles. The number of piperidine rings is 1. The van der Waals surface area contributed by atoms with Crippen molar-refractivity contribution >= 4 is 39.2 Å². The number of alkyl halides is 3. The third-order valence-corrected chi connectivity index (χ3v) is 7.79. The second-order valence-electron chi connectivity index (χ2n) is 10.4. The molecule has 6 rings (SSSR count). The number of halogens is 4.